The molecule has 0 aliphatic carbocycles. The molecule has 4 aromatic heterocycles. The van der Waals surface area contributed by atoms with Crippen molar-refractivity contribution in [2.24, 2.45) is 31.9 Å². The average Bonchev–Trinajstić information content (AvgIpc) is 3.76. The SMILES string of the molecule is COc1cc(-c2ccc(N=Nc3c(C)c(C(N)=O)c4nc5ccccc5n4c3O)c(OC)c2)ccc1N=Nc1c(C)c(C(N)=O)c2nc3ccccc3n2c1O. The van der Waals surface area contributed by atoms with E-state index in [1.54, 1.807) is 98.8 Å². The van der Waals surface area contributed by atoms with Crippen molar-refractivity contribution < 1.29 is 29.3 Å². The number of ether oxygens (including phenoxy) is 2. The molecule has 16 nitrogen and oxygen atoms in total. The number of pyridine rings is 2. The largest absolute Gasteiger partial charge is 0.494 e. The van der Waals surface area contributed by atoms with Crippen molar-refractivity contribution in [2.75, 3.05) is 14.2 Å². The van der Waals surface area contributed by atoms with Crippen LogP contribution in [0.25, 0.3) is 44.5 Å². The molecule has 4 heterocycles. The van der Waals surface area contributed by atoms with E-state index in [4.69, 9.17) is 20.9 Å². The van der Waals surface area contributed by atoms with Crippen LogP contribution in [0.15, 0.2) is 105 Å². The summed E-state index contributed by atoms with van der Waals surface area (Å²) >= 11 is 0. The number of para-hydroxylation sites is 4. The van der Waals surface area contributed by atoms with Crippen LogP contribution in [0.4, 0.5) is 22.7 Å². The first kappa shape index (κ1) is 35.2. The minimum Gasteiger partial charge on any atom is -0.494 e. The normalized spacial score (nSPS) is 11.9. The van der Waals surface area contributed by atoms with Crippen LogP contribution in [-0.4, -0.2) is 55.0 Å². The molecular weight excluding hydrogens is 717 g/mol. The van der Waals surface area contributed by atoms with E-state index in [1.807, 2.05) is 0 Å². The molecular formula is C40H32N10O6. The number of hydrogen-bond donors (Lipinski definition) is 4. The number of fused-ring (bicyclic) bond motifs is 6. The Labute approximate surface area is 317 Å². The van der Waals surface area contributed by atoms with Gasteiger partial charge in [-0.05, 0) is 84.6 Å². The first-order valence-corrected chi connectivity index (χ1v) is 17.1. The van der Waals surface area contributed by atoms with Crippen molar-refractivity contribution in [2.45, 2.75) is 13.8 Å². The number of azo groups is 2. The Balaban J connectivity index is 1.14. The minimum absolute atomic E-state index is 0.0442. The van der Waals surface area contributed by atoms with Crippen LogP contribution in [0.1, 0.15) is 31.8 Å². The Morgan fingerprint density at radius 1 is 0.607 bits per heavy atom. The number of hydrogen-bond acceptors (Lipinski definition) is 12. The van der Waals surface area contributed by atoms with Gasteiger partial charge in [0.2, 0.25) is 11.8 Å². The predicted molar refractivity (Wildman–Crippen MR) is 209 cm³/mol. The van der Waals surface area contributed by atoms with Gasteiger partial charge in [0.05, 0.1) is 47.4 Å². The smallest absolute Gasteiger partial charge is 0.252 e. The highest BCUT2D eigenvalue weighted by Gasteiger charge is 2.25. The van der Waals surface area contributed by atoms with Crippen molar-refractivity contribution in [3.05, 3.63) is 107 Å². The third kappa shape index (κ3) is 5.55. The summed E-state index contributed by atoms with van der Waals surface area (Å²) in [6.07, 6.45) is 0. The molecule has 0 fully saturated rings. The molecule has 56 heavy (non-hydrogen) atoms. The molecule has 0 atom stereocenters. The highest BCUT2D eigenvalue weighted by molar-refractivity contribution is 6.05. The number of nitrogens with two attached hydrogens (primary N) is 2. The number of primary amides is 2. The van der Waals surface area contributed by atoms with Crippen LogP contribution in [-0.2, 0) is 0 Å². The third-order valence-electron chi connectivity index (χ3n) is 9.58. The minimum atomic E-state index is -0.723. The summed E-state index contributed by atoms with van der Waals surface area (Å²) in [6, 6.07) is 24.8. The molecule has 4 aromatic carbocycles. The van der Waals surface area contributed by atoms with Crippen LogP contribution in [0.2, 0.25) is 0 Å². The van der Waals surface area contributed by atoms with E-state index < -0.39 is 11.8 Å². The molecule has 16 heteroatoms. The van der Waals surface area contributed by atoms with Gasteiger partial charge in [-0.2, -0.15) is 0 Å². The molecule has 278 valence electrons. The van der Waals surface area contributed by atoms with E-state index in [2.05, 4.69) is 30.4 Å². The fourth-order valence-corrected chi connectivity index (χ4v) is 6.85. The molecule has 0 spiro atoms. The van der Waals surface area contributed by atoms with Gasteiger partial charge in [-0.25, -0.2) is 9.97 Å². The lowest BCUT2D eigenvalue weighted by Crippen LogP contribution is -2.15. The third-order valence-corrected chi connectivity index (χ3v) is 9.58. The van der Waals surface area contributed by atoms with Crippen molar-refractivity contribution in [3.63, 3.8) is 0 Å². The van der Waals surface area contributed by atoms with Crippen molar-refractivity contribution in [1.82, 2.24) is 18.8 Å². The number of nitrogens with zero attached hydrogens (tertiary/aromatic N) is 8. The quantitative estimate of drug-likeness (QED) is 0.105. The maximum atomic E-state index is 12.6. The van der Waals surface area contributed by atoms with E-state index in [9.17, 15) is 19.8 Å². The number of aromatic nitrogens is 4. The molecule has 0 unspecified atom stereocenters. The predicted octanol–water partition coefficient (Wildman–Crippen LogP) is 8.03. The average molecular weight is 749 g/mol. The van der Waals surface area contributed by atoms with E-state index in [0.29, 0.717) is 56.1 Å². The van der Waals surface area contributed by atoms with E-state index >= 15 is 0 Å². The Hall–Kier alpha value is -7.88. The Morgan fingerprint density at radius 2 is 1.00 bits per heavy atom. The topological polar surface area (TPSA) is 229 Å². The lowest BCUT2D eigenvalue weighted by Gasteiger charge is -2.12. The van der Waals surface area contributed by atoms with Crippen molar-refractivity contribution in [3.8, 4) is 34.4 Å². The molecule has 0 aliphatic rings. The molecule has 0 radical (unpaired) electrons. The van der Waals surface area contributed by atoms with Gasteiger partial charge in [0.15, 0.2) is 11.3 Å². The standard InChI is InChI=1S/C40H32N10O6/c1-19-31(35(41)51)37-43-23-9-5-7-11-27(23)49(37)39(53)33(19)47-45-25-15-13-21(17-29(25)55-3)22-14-16-26(30(18-22)56-4)46-48-34-20(2)32(36(42)52)38-44-24-10-6-8-12-28(24)50(38)40(34)54/h5-18,53-54H,1-4H3,(H2,41,51)(H2,42,52). The highest BCUT2D eigenvalue weighted by Crippen LogP contribution is 2.43. The second kappa shape index (κ2) is 13.5. The molecule has 8 rings (SSSR count). The van der Waals surface area contributed by atoms with Gasteiger partial charge in [-0.3, -0.25) is 18.4 Å². The maximum absolute atomic E-state index is 12.6. The van der Waals surface area contributed by atoms with Gasteiger partial charge in [0, 0.05) is 0 Å². The number of benzene rings is 4. The number of methoxy groups -OCH3 is 2. The summed E-state index contributed by atoms with van der Waals surface area (Å²) in [6.45, 7) is 3.24. The first-order chi connectivity index (χ1) is 27.0. The number of amides is 2. The summed E-state index contributed by atoms with van der Waals surface area (Å²) in [5, 5.41) is 40.2. The molecule has 0 aliphatic heterocycles. The summed E-state index contributed by atoms with van der Waals surface area (Å²) in [5.41, 5.74) is 17.3. The van der Waals surface area contributed by atoms with Gasteiger partial charge < -0.3 is 31.2 Å². The van der Waals surface area contributed by atoms with Crippen LogP contribution >= 0.6 is 0 Å². The highest BCUT2D eigenvalue weighted by atomic mass is 16.5. The maximum Gasteiger partial charge on any atom is 0.252 e. The number of imidazole rings is 2. The second-order valence-electron chi connectivity index (χ2n) is 12.8. The zero-order chi connectivity index (χ0) is 39.4. The zero-order valence-corrected chi connectivity index (χ0v) is 30.3. The van der Waals surface area contributed by atoms with E-state index in [1.165, 1.54) is 23.0 Å². The monoisotopic (exact) mass is 748 g/mol. The second-order valence-corrected chi connectivity index (χ2v) is 12.8. The Kier molecular flexibility index (Phi) is 8.49. The Morgan fingerprint density at radius 3 is 1.38 bits per heavy atom. The van der Waals surface area contributed by atoms with Gasteiger partial charge in [0.1, 0.15) is 34.2 Å². The van der Waals surface area contributed by atoms with Crippen LogP contribution in [0, 0.1) is 13.8 Å². The number of carbonyl (C=O) groups is 2. The molecule has 0 saturated carbocycles. The molecule has 0 saturated heterocycles. The van der Waals surface area contributed by atoms with Crippen molar-refractivity contribution in [1.29, 1.82) is 0 Å². The van der Waals surface area contributed by atoms with Crippen LogP contribution < -0.4 is 20.9 Å². The summed E-state index contributed by atoms with van der Waals surface area (Å²) in [7, 11) is 2.98. The summed E-state index contributed by atoms with van der Waals surface area (Å²) < 4.78 is 14.2. The fraction of sp³-hybridized carbons (Fsp3) is 0.100. The molecule has 6 N–H and O–H groups in total. The number of rotatable bonds is 9. The summed E-state index contributed by atoms with van der Waals surface area (Å²) in [4.78, 5) is 34.2. The Bertz CT molecular complexity index is 2820. The molecule has 8 aromatic rings. The zero-order valence-electron chi connectivity index (χ0n) is 30.3. The molecule has 0 bridgehead atoms. The summed E-state index contributed by atoms with van der Waals surface area (Å²) in [5.74, 6) is -1.22. The number of carbonyl (C=O) groups excluding carboxylic acids is 2. The van der Waals surface area contributed by atoms with E-state index in [-0.39, 0.29) is 45.6 Å². The molecule has 2 amide bonds. The lowest BCUT2D eigenvalue weighted by molar-refractivity contribution is 0.0992. The van der Waals surface area contributed by atoms with Gasteiger partial charge in [-0.1, -0.05) is 36.4 Å². The number of aromatic hydroxyl groups is 2. The lowest BCUT2D eigenvalue weighted by atomic mass is 10.0. The van der Waals surface area contributed by atoms with Crippen LogP contribution in [0.3, 0.4) is 0 Å². The van der Waals surface area contributed by atoms with E-state index in [0.717, 1.165) is 11.1 Å². The van der Waals surface area contributed by atoms with Crippen LogP contribution in [0.5, 0.6) is 23.3 Å². The fourth-order valence-electron chi connectivity index (χ4n) is 6.85. The van der Waals surface area contributed by atoms with Crippen molar-refractivity contribution >= 4 is 67.9 Å². The van der Waals surface area contributed by atoms with Gasteiger partial charge in [-0.15, -0.1) is 20.5 Å². The van der Waals surface area contributed by atoms with Gasteiger partial charge in [0.25, 0.3) is 11.8 Å². The van der Waals surface area contributed by atoms with Gasteiger partial charge >= 0.3 is 0 Å². The first-order valence-electron chi connectivity index (χ1n) is 17.1.